The minimum atomic E-state index is 0.840. The number of unbranched alkanes of at least 4 members (excludes halogenated alkanes) is 9. The molecule has 0 spiro atoms. The van der Waals surface area contributed by atoms with Gasteiger partial charge in [0.05, 0.1) is 12.9 Å². The van der Waals surface area contributed by atoms with Crippen molar-refractivity contribution in [3.63, 3.8) is 0 Å². The van der Waals surface area contributed by atoms with Crippen LogP contribution in [0.5, 0.6) is 0 Å². The summed E-state index contributed by atoms with van der Waals surface area (Å²) in [4.78, 5) is 0. The highest BCUT2D eigenvalue weighted by Crippen LogP contribution is 2.10. The van der Waals surface area contributed by atoms with Crippen molar-refractivity contribution in [2.75, 3.05) is 6.61 Å². The molecule has 0 rings (SSSR count). The van der Waals surface area contributed by atoms with Crippen molar-refractivity contribution in [1.82, 2.24) is 0 Å². The summed E-state index contributed by atoms with van der Waals surface area (Å²) in [5.74, 6) is 0. The van der Waals surface area contributed by atoms with Crippen LogP contribution < -0.4 is 0 Å². The van der Waals surface area contributed by atoms with Crippen molar-refractivity contribution in [2.24, 2.45) is 0 Å². The number of ether oxygens (including phenoxy) is 1. The topological polar surface area (TPSA) is 9.23 Å². The molecule has 0 aromatic heterocycles. The third kappa shape index (κ3) is 13.5. The van der Waals surface area contributed by atoms with Crippen molar-refractivity contribution < 1.29 is 4.74 Å². The Morgan fingerprint density at radius 3 is 1.67 bits per heavy atom. The zero-order valence-electron chi connectivity index (χ0n) is 10.2. The van der Waals surface area contributed by atoms with Gasteiger partial charge < -0.3 is 4.74 Å². The van der Waals surface area contributed by atoms with Crippen molar-refractivity contribution in [2.45, 2.75) is 64.2 Å². The fraction of sp³-hybridized carbons (Fsp3) is 0.786. The van der Waals surface area contributed by atoms with E-state index in [2.05, 4.69) is 13.5 Å². The molecule has 0 saturated carbocycles. The number of hydrogen-bond donors (Lipinski definition) is 0. The Morgan fingerprint density at radius 1 is 0.733 bits per heavy atom. The molecule has 0 heterocycles. The van der Waals surface area contributed by atoms with E-state index in [0.717, 1.165) is 13.0 Å². The zero-order chi connectivity index (χ0) is 11.2. The normalized spacial score (nSPS) is 10.2. The van der Waals surface area contributed by atoms with Crippen molar-refractivity contribution in [1.29, 1.82) is 0 Å². The maximum Gasteiger partial charge on any atom is 0.0873 e. The molecule has 1 heteroatoms. The van der Waals surface area contributed by atoms with Crippen LogP contribution in [-0.4, -0.2) is 6.61 Å². The minimum absolute atomic E-state index is 0.840. The van der Waals surface area contributed by atoms with Gasteiger partial charge in [0, 0.05) is 0 Å². The lowest BCUT2D eigenvalue weighted by molar-refractivity contribution is 0.241. The van der Waals surface area contributed by atoms with E-state index in [4.69, 9.17) is 4.74 Å². The molecule has 0 aliphatic carbocycles. The molecule has 0 N–H and O–H groups in total. The molecule has 0 aliphatic heterocycles. The Balaban J connectivity index is 2.83. The first-order valence-electron chi connectivity index (χ1n) is 6.43. The van der Waals surface area contributed by atoms with Crippen LogP contribution in [0.25, 0.3) is 0 Å². The summed E-state index contributed by atoms with van der Waals surface area (Å²) < 4.78 is 5.06. The highest BCUT2D eigenvalue weighted by molar-refractivity contribution is 4.51. The lowest BCUT2D eigenvalue weighted by atomic mass is 10.1. The summed E-state index contributed by atoms with van der Waals surface area (Å²) in [5.41, 5.74) is 0. The molecular weight excluding hydrogens is 184 g/mol. The van der Waals surface area contributed by atoms with Gasteiger partial charge in [-0.3, -0.25) is 0 Å². The van der Waals surface area contributed by atoms with Crippen LogP contribution >= 0.6 is 0 Å². The van der Waals surface area contributed by atoms with Gasteiger partial charge in [-0.25, -0.2) is 0 Å². The van der Waals surface area contributed by atoms with Gasteiger partial charge in [0.2, 0.25) is 0 Å². The Labute approximate surface area is 95.9 Å². The van der Waals surface area contributed by atoms with Crippen LogP contribution in [0.4, 0.5) is 0 Å². The number of hydrogen-bond acceptors (Lipinski definition) is 1. The molecule has 0 fully saturated rings. The largest absolute Gasteiger partial charge is 0.502 e. The summed E-state index contributed by atoms with van der Waals surface area (Å²) in [5, 5.41) is 0. The van der Waals surface area contributed by atoms with Crippen LogP contribution in [0.1, 0.15) is 64.2 Å². The average Bonchev–Trinajstić information content (AvgIpc) is 2.26. The SMILES string of the molecule is [CH2]CCCCCCCCCCCOC=C. The smallest absolute Gasteiger partial charge is 0.0873 e. The van der Waals surface area contributed by atoms with Crippen LogP contribution in [0.3, 0.4) is 0 Å². The molecular formula is C14H27O. The lowest BCUT2D eigenvalue weighted by Gasteiger charge is -2.02. The van der Waals surface area contributed by atoms with Crippen LogP contribution in [0, 0.1) is 6.92 Å². The van der Waals surface area contributed by atoms with E-state index in [9.17, 15) is 0 Å². The van der Waals surface area contributed by atoms with E-state index in [1.54, 1.807) is 0 Å². The van der Waals surface area contributed by atoms with Crippen molar-refractivity contribution in [3.8, 4) is 0 Å². The van der Waals surface area contributed by atoms with E-state index in [1.807, 2.05) is 0 Å². The Bertz CT molecular complexity index is 121. The highest BCUT2D eigenvalue weighted by atomic mass is 16.5. The summed E-state index contributed by atoms with van der Waals surface area (Å²) in [6, 6.07) is 0. The molecule has 0 saturated heterocycles. The molecule has 0 aliphatic rings. The van der Waals surface area contributed by atoms with Crippen molar-refractivity contribution in [3.05, 3.63) is 19.8 Å². The van der Waals surface area contributed by atoms with Crippen molar-refractivity contribution >= 4 is 0 Å². The van der Waals surface area contributed by atoms with Crippen LogP contribution in [-0.2, 0) is 4.74 Å². The zero-order valence-corrected chi connectivity index (χ0v) is 10.2. The molecule has 89 valence electrons. The molecule has 0 bridgehead atoms. The van der Waals surface area contributed by atoms with Gasteiger partial charge >= 0.3 is 0 Å². The van der Waals surface area contributed by atoms with Gasteiger partial charge in [-0.05, 0) is 6.42 Å². The van der Waals surface area contributed by atoms with E-state index in [-0.39, 0.29) is 0 Å². The minimum Gasteiger partial charge on any atom is -0.502 e. The fourth-order valence-electron chi connectivity index (χ4n) is 1.68. The van der Waals surface area contributed by atoms with Gasteiger partial charge in [0.1, 0.15) is 0 Å². The van der Waals surface area contributed by atoms with Crippen LogP contribution in [0.15, 0.2) is 12.8 Å². The third-order valence-corrected chi connectivity index (χ3v) is 2.63. The van der Waals surface area contributed by atoms with Gasteiger partial charge in [-0.15, -0.1) is 0 Å². The molecule has 0 unspecified atom stereocenters. The Hall–Kier alpha value is -0.460. The standard InChI is InChI=1S/C14H27O/c1-3-5-6-7-8-9-10-11-12-13-14-15-4-2/h4H,1-3,5-14H2. The maximum atomic E-state index is 5.06. The first-order valence-corrected chi connectivity index (χ1v) is 6.43. The second-order valence-corrected chi connectivity index (χ2v) is 4.07. The van der Waals surface area contributed by atoms with E-state index in [0.29, 0.717) is 0 Å². The molecule has 0 atom stereocenters. The number of rotatable bonds is 12. The van der Waals surface area contributed by atoms with E-state index < -0.39 is 0 Å². The Morgan fingerprint density at radius 2 is 1.20 bits per heavy atom. The highest BCUT2D eigenvalue weighted by Gasteiger charge is 1.92. The summed E-state index contributed by atoms with van der Waals surface area (Å²) in [6.07, 6.45) is 14.7. The van der Waals surface area contributed by atoms with Gasteiger partial charge in [0.15, 0.2) is 0 Å². The molecule has 1 radical (unpaired) electrons. The molecule has 0 aromatic rings. The maximum absolute atomic E-state index is 5.06. The molecule has 0 amide bonds. The summed E-state index contributed by atoms with van der Waals surface area (Å²) in [7, 11) is 0. The van der Waals surface area contributed by atoms with Gasteiger partial charge in [-0.1, -0.05) is 71.3 Å². The van der Waals surface area contributed by atoms with E-state index in [1.165, 1.54) is 64.0 Å². The van der Waals surface area contributed by atoms with Crippen LogP contribution in [0.2, 0.25) is 0 Å². The predicted octanol–water partition coefficient (Wildman–Crippen LogP) is 4.88. The lowest BCUT2D eigenvalue weighted by Crippen LogP contribution is -1.87. The summed E-state index contributed by atoms with van der Waals surface area (Å²) in [6.45, 7) is 8.21. The molecule has 15 heavy (non-hydrogen) atoms. The predicted molar refractivity (Wildman–Crippen MR) is 67.7 cm³/mol. The second kappa shape index (κ2) is 13.5. The second-order valence-electron chi connectivity index (χ2n) is 4.07. The third-order valence-electron chi connectivity index (χ3n) is 2.63. The monoisotopic (exact) mass is 211 g/mol. The summed E-state index contributed by atoms with van der Waals surface area (Å²) >= 11 is 0. The first-order chi connectivity index (χ1) is 7.41. The van der Waals surface area contributed by atoms with E-state index >= 15 is 0 Å². The first kappa shape index (κ1) is 14.5. The average molecular weight is 211 g/mol. The quantitative estimate of drug-likeness (QED) is 0.330. The molecule has 0 aromatic carbocycles. The Kier molecular flexibility index (Phi) is 13.1. The van der Waals surface area contributed by atoms with Gasteiger partial charge in [-0.2, -0.15) is 0 Å². The van der Waals surface area contributed by atoms with Gasteiger partial charge in [0.25, 0.3) is 0 Å². The molecule has 1 nitrogen and oxygen atoms in total. The fourth-order valence-corrected chi connectivity index (χ4v) is 1.68.